The van der Waals surface area contributed by atoms with Crippen molar-refractivity contribution in [2.75, 3.05) is 6.61 Å². The van der Waals surface area contributed by atoms with Crippen molar-refractivity contribution in [2.24, 2.45) is 5.92 Å². The molecular weight excluding hydrogens is 116 g/mol. The van der Waals surface area contributed by atoms with E-state index >= 15 is 0 Å². The van der Waals surface area contributed by atoms with Crippen LogP contribution in [0.1, 0.15) is 26.2 Å². The minimum absolute atomic E-state index is 0.232. The predicted molar refractivity (Wildman–Crippen MR) is 35.1 cm³/mol. The van der Waals surface area contributed by atoms with Gasteiger partial charge in [-0.2, -0.15) is 0 Å². The average molecular weight is 130 g/mol. The Morgan fingerprint density at radius 1 is 1.67 bits per heavy atom. The Labute approximate surface area is 55.5 Å². The highest BCUT2D eigenvalue weighted by molar-refractivity contribution is 4.84. The summed E-state index contributed by atoms with van der Waals surface area (Å²) in [5.74, 6) is 0.347. The molecule has 2 atom stereocenters. The van der Waals surface area contributed by atoms with E-state index in [0.29, 0.717) is 5.92 Å². The third kappa shape index (κ3) is 1.66. The van der Waals surface area contributed by atoms with E-state index < -0.39 is 5.60 Å². The fourth-order valence-corrected chi connectivity index (χ4v) is 1.50. The zero-order valence-electron chi connectivity index (χ0n) is 5.80. The second-order valence-corrected chi connectivity index (χ2v) is 3.29. The highest BCUT2D eigenvalue weighted by Gasteiger charge is 2.31. The summed E-state index contributed by atoms with van der Waals surface area (Å²) in [5.41, 5.74) is -0.493. The van der Waals surface area contributed by atoms with Crippen LogP contribution in [0.25, 0.3) is 0 Å². The fraction of sp³-hybridized carbons (Fsp3) is 1.00. The van der Waals surface area contributed by atoms with Gasteiger partial charge in [0.05, 0.1) is 5.60 Å². The molecule has 0 aromatic carbocycles. The first-order valence-corrected chi connectivity index (χ1v) is 3.47. The molecule has 2 N–H and O–H groups in total. The lowest BCUT2D eigenvalue weighted by atomic mass is 10.0. The van der Waals surface area contributed by atoms with E-state index in [4.69, 9.17) is 5.11 Å². The summed E-state index contributed by atoms with van der Waals surface area (Å²) < 4.78 is 0. The van der Waals surface area contributed by atoms with Crippen molar-refractivity contribution >= 4 is 0 Å². The quantitative estimate of drug-likeness (QED) is 0.543. The van der Waals surface area contributed by atoms with E-state index in [-0.39, 0.29) is 6.61 Å². The smallest absolute Gasteiger partial charge is 0.0623 e. The molecule has 0 radical (unpaired) electrons. The SMILES string of the molecule is C[C@]1(O)CC[C@H](CO)C1. The minimum atomic E-state index is -0.493. The Hall–Kier alpha value is -0.0800. The summed E-state index contributed by atoms with van der Waals surface area (Å²) in [6, 6.07) is 0. The van der Waals surface area contributed by atoms with Gasteiger partial charge in [0.2, 0.25) is 0 Å². The molecule has 1 aliphatic carbocycles. The van der Waals surface area contributed by atoms with Crippen LogP contribution in [0.15, 0.2) is 0 Å². The Bertz CT molecular complexity index is 99.1. The molecule has 1 aliphatic rings. The standard InChI is InChI=1S/C7H14O2/c1-7(9)3-2-6(4-7)5-8/h6,8-9H,2-5H2,1H3/t6-,7-/m0/s1. The van der Waals surface area contributed by atoms with Crippen LogP contribution >= 0.6 is 0 Å². The van der Waals surface area contributed by atoms with Gasteiger partial charge in [-0.15, -0.1) is 0 Å². The van der Waals surface area contributed by atoms with Crippen LogP contribution in [0, 0.1) is 5.92 Å². The van der Waals surface area contributed by atoms with Gasteiger partial charge < -0.3 is 10.2 Å². The van der Waals surface area contributed by atoms with Gasteiger partial charge in [0.15, 0.2) is 0 Å². The van der Waals surface area contributed by atoms with Crippen LogP contribution < -0.4 is 0 Å². The molecule has 0 heterocycles. The van der Waals surface area contributed by atoms with Gasteiger partial charge in [-0.1, -0.05) is 0 Å². The summed E-state index contributed by atoms with van der Waals surface area (Å²) in [4.78, 5) is 0. The second kappa shape index (κ2) is 2.27. The molecule has 0 aromatic rings. The van der Waals surface area contributed by atoms with Crippen LogP contribution in [0.5, 0.6) is 0 Å². The lowest BCUT2D eigenvalue weighted by Gasteiger charge is -2.14. The average Bonchev–Trinajstić information content (AvgIpc) is 2.10. The molecule has 0 saturated heterocycles. The van der Waals surface area contributed by atoms with Crippen molar-refractivity contribution in [1.29, 1.82) is 0 Å². The topological polar surface area (TPSA) is 40.5 Å². The molecule has 0 aromatic heterocycles. The van der Waals surface area contributed by atoms with Crippen molar-refractivity contribution in [3.8, 4) is 0 Å². The molecular formula is C7H14O2. The molecule has 0 bridgehead atoms. The molecule has 0 amide bonds. The maximum atomic E-state index is 9.38. The molecule has 0 unspecified atom stereocenters. The molecule has 1 rings (SSSR count). The number of aliphatic hydroxyl groups is 2. The number of hydrogen-bond donors (Lipinski definition) is 2. The van der Waals surface area contributed by atoms with Gasteiger partial charge in [0.25, 0.3) is 0 Å². The summed E-state index contributed by atoms with van der Waals surface area (Å²) in [7, 11) is 0. The Kier molecular flexibility index (Phi) is 1.78. The van der Waals surface area contributed by atoms with Gasteiger partial charge in [0.1, 0.15) is 0 Å². The lowest BCUT2D eigenvalue weighted by molar-refractivity contribution is 0.0593. The third-order valence-corrected chi connectivity index (χ3v) is 2.08. The summed E-state index contributed by atoms with van der Waals surface area (Å²) in [6.45, 7) is 2.07. The van der Waals surface area contributed by atoms with Crippen molar-refractivity contribution < 1.29 is 10.2 Å². The van der Waals surface area contributed by atoms with E-state index in [2.05, 4.69) is 0 Å². The van der Waals surface area contributed by atoms with Gasteiger partial charge in [-0.25, -0.2) is 0 Å². The molecule has 9 heavy (non-hydrogen) atoms. The van der Waals surface area contributed by atoms with Crippen molar-refractivity contribution in [1.82, 2.24) is 0 Å². The number of rotatable bonds is 1. The van der Waals surface area contributed by atoms with Crippen LogP contribution in [0.3, 0.4) is 0 Å². The zero-order chi connectivity index (χ0) is 6.91. The lowest BCUT2D eigenvalue weighted by Crippen LogP contribution is -2.19. The van der Waals surface area contributed by atoms with Crippen molar-refractivity contribution in [3.05, 3.63) is 0 Å². The fourth-order valence-electron chi connectivity index (χ4n) is 1.50. The molecule has 54 valence electrons. The Balaban J connectivity index is 2.38. The largest absolute Gasteiger partial charge is 0.396 e. The van der Waals surface area contributed by atoms with Crippen LogP contribution in [-0.2, 0) is 0 Å². The van der Waals surface area contributed by atoms with Crippen LogP contribution in [0.2, 0.25) is 0 Å². The minimum Gasteiger partial charge on any atom is -0.396 e. The van der Waals surface area contributed by atoms with E-state index in [1.807, 2.05) is 6.92 Å². The highest BCUT2D eigenvalue weighted by Crippen LogP contribution is 2.33. The molecule has 2 heteroatoms. The molecule has 1 saturated carbocycles. The van der Waals surface area contributed by atoms with Crippen molar-refractivity contribution in [2.45, 2.75) is 31.8 Å². The number of aliphatic hydroxyl groups excluding tert-OH is 1. The zero-order valence-corrected chi connectivity index (χ0v) is 5.80. The Morgan fingerprint density at radius 2 is 2.33 bits per heavy atom. The van der Waals surface area contributed by atoms with Gasteiger partial charge in [-0.05, 0) is 32.1 Å². The Morgan fingerprint density at radius 3 is 2.56 bits per heavy atom. The van der Waals surface area contributed by atoms with Crippen molar-refractivity contribution in [3.63, 3.8) is 0 Å². The first kappa shape index (κ1) is 7.03. The summed E-state index contributed by atoms with van der Waals surface area (Å²) >= 11 is 0. The van der Waals surface area contributed by atoms with E-state index in [1.165, 1.54) is 0 Å². The predicted octanol–water partition coefficient (Wildman–Crippen LogP) is 0.530. The summed E-state index contributed by atoms with van der Waals surface area (Å²) in [6.07, 6.45) is 2.59. The monoisotopic (exact) mass is 130 g/mol. The van der Waals surface area contributed by atoms with Crippen LogP contribution in [0.4, 0.5) is 0 Å². The third-order valence-electron chi connectivity index (χ3n) is 2.08. The second-order valence-electron chi connectivity index (χ2n) is 3.29. The van der Waals surface area contributed by atoms with Gasteiger partial charge >= 0.3 is 0 Å². The highest BCUT2D eigenvalue weighted by atomic mass is 16.3. The molecule has 2 nitrogen and oxygen atoms in total. The molecule has 1 fully saturated rings. The first-order chi connectivity index (χ1) is 4.14. The normalized spacial score (nSPS) is 43.7. The van der Waals surface area contributed by atoms with E-state index in [1.54, 1.807) is 0 Å². The maximum Gasteiger partial charge on any atom is 0.0623 e. The maximum absolute atomic E-state index is 9.38. The molecule has 0 spiro atoms. The van der Waals surface area contributed by atoms with Gasteiger partial charge in [0, 0.05) is 6.61 Å². The number of hydrogen-bond acceptors (Lipinski definition) is 2. The van der Waals surface area contributed by atoms with E-state index in [0.717, 1.165) is 19.3 Å². The summed E-state index contributed by atoms with van der Waals surface area (Å²) in [5, 5.41) is 18.1. The first-order valence-electron chi connectivity index (χ1n) is 3.47. The van der Waals surface area contributed by atoms with Gasteiger partial charge in [-0.3, -0.25) is 0 Å². The molecule has 0 aliphatic heterocycles. The van der Waals surface area contributed by atoms with Crippen LogP contribution in [-0.4, -0.2) is 22.4 Å². The van der Waals surface area contributed by atoms with E-state index in [9.17, 15) is 5.11 Å².